The molecule has 2 heterocycles. The summed E-state index contributed by atoms with van der Waals surface area (Å²) in [6.45, 7) is 0. The Balaban J connectivity index is 2.46. The first kappa shape index (κ1) is 9.07. The van der Waals surface area contributed by atoms with E-state index in [1.807, 2.05) is 0 Å². The number of hydrogen-bond donors (Lipinski definition) is 0. The van der Waals surface area contributed by atoms with Gasteiger partial charge in [-0.05, 0) is 6.07 Å². The van der Waals surface area contributed by atoms with Crippen LogP contribution < -0.4 is 0 Å². The zero-order valence-corrected chi connectivity index (χ0v) is 7.78. The summed E-state index contributed by atoms with van der Waals surface area (Å²) < 4.78 is 34.4. The molecule has 0 bridgehead atoms. The molecule has 2 rings (SSSR count). The zero-order chi connectivity index (χ0) is 10.2. The first-order valence-electron chi connectivity index (χ1n) is 3.76. The van der Waals surface area contributed by atoms with Crippen LogP contribution >= 0.6 is 0 Å². The molecule has 0 radical (unpaired) electrons. The molecule has 14 heavy (non-hydrogen) atoms. The van der Waals surface area contributed by atoms with E-state index >= 15 is 0 Å². The molecule has 0 N–H and O–H groups in total. The Morgan fingerprint density at radius 3 is 2.93 bits per heavy atom. The highest BCUT2D eigenvalue weighted by Gasteiger charge is 2.12. The molecule has 0 aliphatic rings. The summed E-state index contributed by atoms with van der Waals surface area (Å²) in [6.07, 6.45) is 3.15. The van der Waals surface area contributed by atoms with Crippen molar-refractivity contribution in [1.29, 1.82) is 0 Å². The predicted molar refractivity (Wildman–Crippen MR) is 46.7 cm³/mol. The Morgan fingerprint density at radius 2 is 2.29 bits per heavy atom. The van der Waals surface area contributed by atoms with Crippen molar-refractivity contribution in [2.45, 2.75) is 5.75 Å². The lowest BCUT2D eigenvalue weighted by molar-refractivity contribution is 0.550. The SMILES string of the molecule is O=S(=O)(F)Cc1cc2ncccn2n1. The maximum absolute atomic E-state index is 12.3. The maximum atomic E-state index is 12.3. The van der Waals surface area contributed by atoms with E-state index in [1.54, 1.807) is 18.5 Å². The lowest BCUT2D eigenvalue weighted by atomic mass is 10.5. The van der Waals surface area contributed by atoms with Gasteiger partial charge in [0, 0.05) is 18.5 Å². The maximum Gasteiger partial charge on any atom is 0.308 e. The van der Waals surface area contributed by atoms with Gasteiger partial charge in [0.05, 0.1) is 5.69 Å². The fourth-order valence-electron chi connectivity index (χ4n) is 1.13. The molecule has 0 aromatic carbocycles. The Bertz CT molecular complexity index is 530. The molecule has 0 unspecified atom stereocenters. The highest BCUT2D eigenvalue weighted by Crippen LogP contribution is 2.07. The summed E-state index contributed by atoms with van der Waals surface area (Å²) in [5, 5.41) is 3.83. The molecule has 0 aliphatic carbocycles. The van der Waals surface area contributed by atoms with Crippen LogP contribution in [0.5, 0.6) is 0 Å². The quantitative estimate of drug-likeness (QED) is 0.685. The third kappa shape index (κ3) is 1.87. The molecule has 7 heteroatoms. The fourth-order valence-corrected chi connectivity index (χ4v) is 1.62. The van der Waals surface area contributed by atoms with E-state index in [1.165, 1.54) is 10.6 Å². The average molecular weight is 215 g/mol. The third-order valence-electron chi connectivity index (χ3n) is 1.61. The van der Waals surface area contributed by atoms with Gasteiger partial charge in [0.15, 0.2) is 5.65 Å². The third-order valence-corrected chi connectivity index (χ3v) is 2.25. The average Bonchev–Trinajstić information content (AvgIpc) is 2.42. The van der Waals surface area contributed by atoms with E-state index in [0.29, 0.717) is 5.65 Å². The first-order valence-corrected chi connectivity index (χ1v) is 5.31. The van der Waals surface area contributed by atoms with Crippen LogP contribution in [0.25, 0.3) is 5.65 Å². The molecule has 0 spiro atoms. The number of hydrogen-bond acceptors (Lipinski definition) is 4. The van der Waals surface area contributed by atoms with Crippen molar-refractivity contribution in [3.63, 3.8) is 0 Å². The Hall–Kier alpha value is -1.50. The van der Waals surface area contributed by atoms with Crippen molar-refractivity contribution < 1.29 is 12.3 Å². The van der Waals surface area contributed by atoms with Crippen molar-refractivity contribution in [3.8, 4) is 0 Å². The van der Waals surface area contributed by atoms with Gasteiger partial charge in [0.25, 0.3) is 0 Å². The minimum atomic E-state index is -4.53. The number of halogens is 1. The molecule has 74 valence electrons. The van der Waals surface area contributed by atoms with Gasteiger partial charge in [0.2, 0.25) is 0 Å². The molecule has 0 aliphatic heterocycles. The van der Waals surface area contributed by atoms with E-state index in [9.17, 15) is 12.3 Å². The molecule has 0 fully saturated rings. The Morgan fingerprint density at radius 1 is 1.50 bits per heavy atom. The standard InChI is InChI=1S/C7H6FN3O2S/c8-14(12,13)5-6-4-7-9-2-1-3-11(7)10-6/h1-4H,5H2. The van der Waals surface area contributed by atoms with E-state index in [4.69, 9.17) is 0 Å². The van der Waals surface area contributed by atoms with Gasteiger partial charge >= 0.3 is 10.2 Å². The number of nitrogens with zero attached hydrogens (tertiary/aromatic N) is 3. The van der Waals surface area contributed by atoms with Crippen LogP contribution in [0.1, 0.15) is 5.69 Å². The first-order chi connectivity index (χ1) is 6.54. The minimum Gasteiger partial charge on any atom is -0.237 e. The highest BCUT2D eigenvalue weighted by atomic mass is 32.3. The van der Waals surface area contributed by atoms with Gasteiger partial charge in [-0.1, -0.05) is 0 Å². The van der Waals surface area contributed by atoms with Crippen molar-refractivity contribution >= 4 is 15.9 Å². The smallest absolute Gasteiger partial charge is 0.237 e. The van der Waals surface area contributed by atoms with Crippen LogP contribution in [0.4, 0.5) is 3.89 Å². The van der Waals surface area contributed by atoms with Crippen LogP contribution in [0.2, 0.25) is 0 Å². The second-order valence-electron chi connectivity index (χ2n) is 2.74. The molecule has 0 saturated heterocycles. The van der Waals surface area contributed by atoms with Gasteiger partial charge < -0.3 is 0 Å². The van der Waals surface area contributed by atoms with Crippen LogP contribution in [0, 0.1) is 0 Å². The molecule has 0 atom stereocenters. The molecule has 2 aromatic rings. The molecular weight excluding hydrogens is 209 g/mol. The van der Waals surface area contributed by atoms with E-state index in [-0.39, 0.29) is 5.69 Å². The van der Waals surface area contributed by atoms with Crippen LogP contribution in [0.3, 0.4) is 0 Å². The summed E-state index contributed by atoms with van der Waals surface area (Å²) >= 11 is 0. The lowest BCUT2D eigenvalue weighted by Crippen LogP contribution is -1.97. The molecular formula is C7H6FN3O2S. The largest absolute Gasteiger partial charge is 0.308 e. The van der Waals surface area contributed by atoms with Crippen molar-refractivity contribution in [2.24, 2.45) is 0 Å². The van der Waals surface area contributed by atoms with Gasteiger partial charge in [-0.2, -0.15) is 13.5 Å². The molecule has 0 amide bonds. The van der Waals surface area contributed by atoms with Gasteiger partial charge in [0.1, 0.15) is 5.75 Å². The summed E-state index contributed by atoms with van der Waals surface area (Å²) in [7, 11) is -4.53. The summed E-state index contributed by atoms with van der Waals surface area (Å²) in [5.41, 5.74) is 0.636. The van der Waals surface area contributed by atoms with Crippen LogP contribution in [-0.4, -0.2) is 23.0 Å². The van der Waals surface area contributed by atoms with Crippen LogP contribution in [-0.2, 0) is 16.0 Å². The van der Waals surface area contributed by atoms with Gasteiger partial charge in [-0.25, -0.2) is 9.50 Å². The van der Waals surface area contributed by atoms with Gasteiger partial charge in [-0.3, -0.25) is 0 Å². The van der Waals surface area contributed by atoms with Crippen molar-refractivity contribution in [3.05, 3.63) is 30.2 Å². The summed E-state index contributed by atoms with van der Waals surface area (Å²) in [4.78, 5) is 3.92. The van der Waals surface area contributed by atoms with Crippen molar-refractivity contribution in [2.75, 3.05) is 0 Å². The minimum absolute atomic E-state index is 0.145. The van der Waals surface area contributed by atoms with Crippen LogP contribution in [0.15, 0.2) is 24.5 Å². The number of rotatable bonds is 2. The fraction of sp³-hybridized carbons (Fsp3) is 0.143. The second-order valence-corrected chi connectivity index (χ2v) is 4.11. The predicted octanol–water partition coefficient (Wildman–Crippen LogP) is 0.529. The second kappa shape index (κ2) is 3.02. The topological polar surface area (TPSA) is 64.3 Å². The number of aromatic nitrogens is 3. The highest BCUT2D eigenvalue weighted by molar-refractivity contribution is 7.85. The molecule has 2 aromatic heterocycles. The van der Waals surface area contributed by atoms with E-state index in [2.05, 4.69) is 10.1 Å². The van der Waals surface area contributed by atoms with Crippen molar-refractivity contribution in [1.82, 2.24) is 14.6 Å². The number of fused-ring (bicyclic) bond motifs is 1. The zero-order valence-electron chi connectivity index (χ0n) is 6.96. The molecule has 5 nitrogen and oxygen atoms in total. The Labute approximate surface area is 79.4 Å². The van der Waals surface area contributed by atoms with Gasteiger partial charge in [-0.15, -0.1) is 3.89 Å². The normalized spacial score (nSPS) is 12.1. The summed E-state index contributed by atoms with van der Waals surface area (Å²) in [5.74, 6) is -0.712. The monoisotopic (exact) mass is 215 g/mol. The lowest BCUT2D eigenvalue weighted by Gasteiger charge is -1.88. The molecule has 0 saturated carbocycles. The van der Waals surface area contributed by atoms with E-state index < -0.39 is 16.0 Å². The Kier molecular flexibility index (Phi) is 1.95. The van der Waals surface area contributed by atoms with E-state index in [0.717, 1.165) is 0 Å². The summed E-state index contributed by atoms with van der Waals surface area (Å²) in [6, 6.07) is 3.07.